The van der Waals surface area contributed by atoms with Gasteiger partial charge in [-0.2, -0.15) is 0 Å². The van der Waals surface area contributed by atoms with Crippen LogP contribution in [0.4, 0.5) is 16.4 Å². The molecule has 1 aliphatic heterocycles. The highest BCUT2D eigenvalue weighted by molar-refractivity contribution is 5.68. The summed E-state index contributed by atoms with van der Waals surface area (Å²) in [6.45, 7) is 8.39. The van der Waals surface area contributed by atoms with E-state index in [-0.39, 0.29) is 6.09 Å². The molecule has 0 radical (unpaired) electrons. The lowest BCUT2D eigenvalue weighted by Crippen LogP contribution is -2.50. The molecule has 0 bridgehead atoms. The van der Waals surface area contributed by atoms with Gasteiger partial charge < -0.3 is 19.4 Å². The summed E-state index contributed by atoms with van der Waals surface area (Å²) in [5.41, 5.74) is -0.457. The SMILES string of the molecule is CN(C)c1cc(N2CCN(C(=O)OC(C)(C)C)CC2)ncn1. The lowest BCUT2D eigenvalue weighted by Gasteiger charge is -2.36. The fourth-order valence-corrected chi connectivity index (χ4v) is 2.20. The molecule has 1 saturated heterocycles. The van der Waals surface area contributed by atoms with Crippen LogP contribution in [-0.4, -0.2) is 66.8 Å². The first-order valence-corrected chi connectivity index (χ1v) is 7.48. The van der Waals surface area contributed by atoms with Crippen LogP contribution in [0.25, 0.3) is 0 Å². The van der Waals surface area contributed by atoms with E-state index >= 15 is 0 Å². The zero-order valence-corrected chi connectivity index (χ0v) is 14.0. The first-order chi connectivity index (χ1) is 10.3. The van der Waals surface area contributed by atoms with E-state index < -0.39 is 5.60 Å². The van der Waals surface area contributed by atoms with Crippen molar-refractivity contribution >= 4 is 17.7 Å². The lowest BCUT2D eigenvalue weighted by molar-refractivity contribution is 0.0240. The van der Waals surface area contributed by atoms with Crippen LogP contribution in [-0.2, 0) is 4.74 Å². The molecular formula is C15H25N5O2. The molecule has 1 aromatic heterocycles. The third-order valence-corrected chi connectivity index (χ3v) is 3.35. The molecule has 2 heterocycles. The number of ether oxygens (including phenoxy) is 1. The highest BCUT2D eigenvalue weighted by atomic mass is 16.6. The zero-order valence-electron chi connectivity index (χ0n) is 14.0. The maximum atomic E-state index is 12.1. The van der Waals surface area contributed by atoms with E-state index in [2.05, 4.69) is 14.9 Å². The Morgan fingerprint density at radius 2 is 1.82 bits per heavy atom. The van der Waals surface area contributed by atoms with E-state index in [1.807, 2.05) is 45.8 Å². The van der Waals surface area contributed by atoms with Crippen molar-refractivity contribution in [3.63, 3.8) is 0 Å². The number of hydrogen-bond acceptors (Lipinski definition) is 6. The summed E-state index contributed by atoms with van der Waals surface area (Å²) in [6.07, 6.45) is 1.33. The normalized spacial score (nSPS) is 15.7. The summed E-state index contributed by atoms with van der Waals surface area (Å²) in [6, 6.07) is 1.96. The van der Waals surface area contributed by atoms with Crippen molar-refractivity contribution in [2.75, 3.05) is 50.1 Å². The fraction of sp³-hybridized carbons (Fsp3) is 0.667. The monoisotopic (exact) mass is 307 g/mol. The minimum Gasteiger partial charge on any atom is -0.444 e. The summed E-state index contributed by atoms with van der Waals surface area (Å²) < 4.78 is 5.40. The Kier molecular flexibility index (Phi) is 4.73. The number of carbonyl (C=O) groups is 1. The van der Waals surface area contributed by atoms with Crippen molar-refractivity contribution < 1.29 is 9.53 Å². The number of piperazine rings is 1. The molecule has 22 heavy (non-hydrogen) atoms. The first-order valence-electron chi connectivity index (χ1n) is 7.48. The second kappa shape index (κ2) is 6.37. The molecule has 0 N–H and O–H groups in total. The van der Waals surface area contributed by atoms with E-state index in [4.69, 9.17) is 4.74 Å². The zero-order chi connectivity index (χ0) is 16.3. The lowest BCUT2D eigenvalue weighted by atomic mass is 10.2. The van der Waals surface area contributed by atoms with Crippen LogP contribution in [0.5, 0.6) is 0 Å². The van der Waals surface area contributed by atoms with Crippen LogP contribution in [0.3, 0.4) is 0 Å². The predicted octanol–water partition coefficient (Wildman–Crippen LogP) is 1.60. The molecule has 0 aromatic carbocycles. The minimum absolute atomic E-state index is 0.246. The van der Waals surface area contributed by atoms with Crippen molar-refractivity contribution in [1.82, 2.24) is 14.9 Å². The van der Waals surface area contributed by atoms with Gasteiger partial charge >= 0.3 is 6.09 Å². The van der Waals surface area contributed by atoms with Gasteiger partial charge in [0.1, 0.15) is 23.6 Å². The summed E-state index contributed by atoms with van der Waals surface area (Å²) in [4.78, 5) is 26.5. The van der Waals surface area contributed by atoms with E-state index in [0.717, 1.165) is 24.7 Å². The Labute approximate surface area is 131 Å². The third kappa shape index (κ3) is 4.22. The van der Waals surface area contributed by atoms with Crippen LogP contribution in [0, 0.1) is 0 Å². The molecule has 7 heteroatoms. The van der Waals surface area contributed by atoms with Gasteiger partial charge in [0.2, 0.25) is 0 Å². The number of carbonyl (C=O) groups excluding carboxylic acids is 1. The van der Waals surface area contributed by atoms with Gasteiger partial charge in [-0.3, -0.25) is 0 Å². The smallest absolute Gasteiger partial charge is 0.410 e. The maximum Gasteiger partial charge on any atom is 0.410 e. The van der Waals surface area contributed by atoms with Crippen molar-refractivity contribution in [3.8, 4) is 0 Å². The van der Waals surface area contributed by atoms with E-state index in [0.29, 0.717) is 13.1 Å². The van der Waals surface area contributed by atoms with Crippen molar-refractivity contribution in [1.29, 1.82) is 0 Å². The number of hydrogen-bond donors (Lipinski definition) is 0. The van der Waals surface area contributed by atoms with Crippen molar-refractivity contribution in [2.45, 2.75) is 26.4 Å². The van der Waals surface area contributed by atoms with Gasteiger partial charge in [-0.05, 0) is 20.8 Å². The molecule has 2 rings (SSSR count). The molecule has 0 unspecified atom stereocenters. The number of anilines is 2. The van der Waals surface area contributed by atoms with Crippen LogP contribution in [0.2, 0.25) is 0 Å². The van der Waals surface area contributed by atoms with Gasteiger partial charge in [0.15, 0.2) is 0 Å². The number of rotatable bonds is 2. The topological polar surface area (TPSA) is 61.8 Å². The number of aromatic nitrogens is 2. The van der Waals surface area contributed by atoms with Crippen LogP contribution >= 0.6 is 0 Å². The summed E-state index contributed by atoms with van der Waals surface area (Å²) >= 11 is 0. The minimum atomic E-state index is -0.457. The Hall–Kier alpha value is -2.05. The Balaban J connectivity index is 1.95. The second-order valence-electron chi connectivity index (χ2n) is 6.58. The van der Waals surface area contributed by atoms with E-state index in [1.165, 1.54) is 0 Å². The molecule has 1 aromatic rings. The molecule has 0 saturated carbocycles. The number of nitrogens with zero attached hydrogens (tertiary/aromatic N) is 5. The largest absolute Gasteiger partial charge is 0.444 e. The molecule has 0 atom stereocenters. The highest BCUT2D eigenvalue weighted by Gasteiger charge is 2.26. The Morgan fingerprint density at radius 1 is 1.18 bits per heavy atom. The summed E-state index contributed by atoms with van der Waals surface area (Å²) in [5, 5.41) is 0. The first kappa shape index (κ1) is 16.3. The molecule has 7 nitrogen and oxygen atoms in total. The van der Waals surface area contributed by atoms with Crippen molar-refractivity contribution in [2.24, 2.45) is 0 Å². The van der Waals surface area contributed by atoms with Gasteiger partial charge in [0.25, 0.3) is 0 Å². The molecule has 1 amide bonds. The molecule has 1 aliphatic rings. The van der Waals surface area contributed by atoms with Gasteiger partial charge in [-0.15, -0.1) is 0 Å². The molecule has 0 spiro atoms. The van der Waals surface area contributed by atoms with Gasteiger partial charge in [0, 0.05) is 46.3 Å². The standard InChI is InChI=1S/C15H25N5O2/c1-15(2,3)22-14(21)20-8-6-19(7-9-20)13-10-12(18(4)5)16-11-17-13/h10-11H,6-9H2,1-5H3. The quantitative estimate of drug-likeness (QED) is 0.827. The Morgan fingerprint density at radius 3 is 2.36 bits per heavy atom. The molecule has 0 aliphatic carbocycles. The average Bonchev–Trinajstić information content (AvgIpc) is 2.46. The van der Waals surface area contributed by atoms with E-state index in [9.17, 15) is 4.79 Å². The van der Waals surface area contributed by atoms with Crippen LogP contribution < -0.4 is 9.80 Å². The third-order valence-electron chi connectivity index (χ3n) is 3.35. The van der Waals surface area contributed by atoms with Gasteiger partial charge in [-0.25, -0.2) is 14.8 Å². The van der Waals surface area contributed by atoms with E-state index in [1.54, 1.807) is 11.2 Å². The maximum absolute atomic E-state index is 12.1. The summed E-state index contributed by atoms with van der Waals surface area (Å²) in [7, 11) is 3.90. The Bertz CT molecular complexity index is 519. The van der Waals surface area contributed by atoms with Crippen LogP contribution in [0.1, 0.15) is 20.8 Å². The molecule has 122 valence electrons. The molecule has 1 fully saturated rings. The number of amides is 1. The van der Waals surface area contributed by atoms with Gasteiger partial charge in [-0.1, -0.05) is 0 Å². The highest BCUT2D eigenvalue weighted by Crippen LogP contribution is 2.18. The fourth-order valence-electron chi connectivity index (χ4n) is 2.20. The van der Waals surface area contributed by atoms with Gasteiger partial charge in [0.05, 0.1) is 0 Å². The average molecular weight is 307 g/mol. The second-order valence-corrected chi connectivity index (χ2v) is 6.58. The molecular weight excluding hydrogens is 282 g/mol. The van der Waals surface area contributed by atoms with Crippen LogP contribution in [0.15, 0.2) is 12.4 Å². The predicted molar refractivity (Wildman–Crippen MR) is 86.4 cm³/mol. The summed E-state index contributed by atoms with van der Waals surface area (Å²) in [5.74, 6) is 1.77. The van der Waals surface area contributed by atoms with Crippen molar-refractivity contribution in [3.05, 3.63) is 12.4 Å².